The summed E-state index contributed by atoms with van der Waals surface area (Å²) in [7, 11) is 0. The van der Waals surface area contributed by atoms with Crippen LogP contribution in [0, 0.1) is 0 Å². The van der Waals surface area contributed by atoms with Crippen LogP contribution in [-0.4, -0.2) is 53.2 Å². The molecule has 1 amide bonds. The highest BCUT2D eigenvalue weighted by molar-refractivity contribution is 6.01. The fourth-order valence-electron chi connectivity index (χ4n) is 6.08. The van der Waals surface area contributed by atoms with E-state index in [-0.39, 0.29) is 17.7 Å². The van der Waals surface area contributed by atoms with Crippen LogP contribution in [0.15, 0.2) is 54.7 Å². The highest BCUT2D eigenvalue weighted by Gasteiger charge is 2.44. The summed E-state index contributed by atoms with van der Waals surface area (Å²) in [4.78, 5) is 36.7. The molecule has 3 unspecified atom stereocenters. The lowest BCUT2D eigenvalue weighted by atomic mass is 9.82. The summed E-state index contributed by atoms with van der Waals surface area (Å²) in [5.41, 5.74) is 5.61. The summed E-state index contributed by atoms with van der Waals surface area (Å²) in [6.07, 6.45) is 9.73. The second-order valence-electron chi connectivity index (χ2n) is 10.9. The predicted molar refractivity (Wildman–Crippen MR) is 148 cm³/mol. The van der Waals surface area contributed by atoms with Gasteiger partial charge < -0.3 is 14.5 Å². The van der Waals surface area contributed by atoms with Crippen molar-refractivity contribution in [2.75, 3.05) is 19.7 Å². The SMILES string of the molecule is CC(c1c[nH]c2ccccc12)N1CCCC2(CC(=O)c3cc(/C=C/C(=O)NOC4CCCCO4)ccc3O2)C1. The third kappa shape index (κ3) is 5.50. The second-order valence-corrected chi connectivity index (χ2v) is 10.9. The summed E-state index contributed by atoms with van der Waals surface area (Å²) in [5, 5.41) is 1.23. The molecule has 8 nitrogen and oxygen atoms in total. The van der Waals surface area contributed by atoms with Crippen molar-refractivity contribution in [1.29, 1.82) is 0 Å². The van der Waals surface area contributed by atoms with E-state index in [1.54, 1.807) is 12.1 Å². The van der Waals surface area contributed by atoms with Crippen LogP contribution < -0.4 is 10.2 Å². The normalized spacial score (nSPS) is 24.5. The van der Waals surface area contributed by atoms with E-state index in [0.717, 1.165) is 49.7 Å². The average Bonchev–Trinajstić information content (AvgIpc) is 3.39. The number of aromatic nitrogens is 1. The highest BCUT2D eigenvalue weighted by Crippen LogP contribution is 2.41. The number of H-pyrrole nitrogens is 1. The van der Waals surface area contributed by atoms with Crippen molar-refractivity contribution in [2.24, 2.45) is 0 Å². The van der Waals surface area contributed by atoms with E-state index >= 15 is 0 Å². The Morgan fingerprint density at radius 1 is 1.23 bits per heavy atom. The Balaban J connectivity index is 1.12. The van der Waals surface area contributed by atoms with E-state index < -0.39 is 11.9 Å². The number of ketones is 1. The van der Waals surface area contributed by atoms with Crippen molar-refractivity contribution in [1.82, 2.24) is 15.4 Å². The number of benzene rings is 2. The summed E-state index contributed by atoms with van der Waals surface area (Å²) in [5.74, 6) is 0.317. The number of hydrogen-bond donors (Lipinski definition) is 2. The minimum atomic E-state index is -0.529. The lowest BCUT2D eigenvalue weighted by Gasteiger charge is -2.46. The Morgan fingerprint density at radius 2 is 2.13 bits per heavy atom. The van der Waals surface area contributed by atoms with Crippen molar-refractivity contribution in [3.05, 3.63) is 71.4 Å². The van der Waals surface area contributed by atoms with Crippen LogP contribution in [0.4, 0.5) is 0 Å². The van der Waals surface area contributed by atoms with Crippen LogP contribution in [0.25, 0.3) is 17.0 Å². The molecule has 2 N–H and O–H groups in total. The number of hydrogen-bond acceptors (Lipinski definition) is 6. The van der Waals surface area contributed by atoms with Gasteiger partial charge in [-0.25, -0.2) is 10.3 Å². The third-order valence-electron chi connectivity index (χ3n) is 8.16. The molecule has 2 fully saturated rings. The van der Waals surface area contributed by atoms with Gasteiger partial charge in [0.05, 0.1) is 12.0 Å². The molecule has 1 spiro atoms. The zero-order valence-electron chi connectivity index (χ0n) is 22.3. The summed E-state index contributed by atoms with van der Waals surface area (Å²) in [6, 6.07) is 14.1. The Bertz CT molecular complexity index is 1390. The van der Waals surface area contributed by atoms with Crippen LogP contribution in [0.2, 0.25) is 0 Å². The first-order chi connectivity index (χ1) is 19.0. The zero-order valence-corrected chi connectivity index (χ0v) is 22.3. The second kappa shape index (κ2) is 11.0. The van der Waals surface area contributed by atoms with Crippen molar-refractivity contribution in [3.8, 4) is 5.75 Å². The quantitative estimate of drug-likeness (QED) is 0.332. The van der Waals surface area contributed by atoms with Crippen LogP contribution in [0.3, 0.4) is 0 Å². The van der Waals surface area contributed by atoms with Gasteiger partial charge in [-0.3, -0.25) is 14.5 Å². The number of carbonyl (C=O) groups excluding carboxylic acids is 2. The number of carbonyl (C=O) groups is 2. The van der Waals surface area contributed by atoms with Gasteiger partial charge >= 0.3 is 0 Å². The Labute approximate surface area is 228 Å². The van der Waals surface area contributed by atoms with Crippen molar-refractivity contribution in [3.63, 3.8) is 0 Å². The predicted octanol–water partition coefficient (Wildman–Crippen LogP) is 5.32. The summed E-state index contributed by atoms with van der Waals surface area (Å²) < 4.78 is 12.0. The minimum absolute atomic E-state index is 0.0790. The summed E-state index contributed by atoms with van der Waals surface area (Å²) in [6.45, 7) is 4.54. The Morgan fingerprint density at radius 3 is 3.00 bits per heavy atom. The Hall–Kier alpha value is -3.46. The number of piperidine rings is 1. The molecule has 39 heavy (non-hydrogen) atoms. The smallest absolute Gasteiger partial charge is 0.267 e. The largest absolute Gasteiger partial charge is 0.485 e. The number of para-hydroxylation sites is 1. The summed E-state index contributed by atoms with van der Waals surface area (Å²) >= 11 is 0. The van der Waals surface area contributed by atoms with E-state index in [2.05, 4.69) is 46.7 Å². The minimum Gasteiger partial charge on any atom is -0.485 e. The lowest BCUT2D eigenvalue weighted by Crippen LogP contribution is -2.55. The van der Waals surface area contributed by atoms with Crippen molar-refractivity contribution >= 4 is 28.7 Å². The number of nitrogens with zero attached hydrogens (tertiary/aromatic N) is 1. The molecular weight excluding hydrogens is 494 g/mol. The maximum Gasteiger partial charge on any atom is 0.267 e. The third-order valence-corrected chi connectivity index (χ3v) is 8.16. The molecule has 3 aromatic rings. The number of fused-ring (bicyclic) bond motifs is 2. The molecule has 6 rings (SSSR count). The molecular formula is C31H35N3O5. The Kier molecular flexibility index (Phi) is 7.25. The maximum absolute atomic E-state index is 13.4. The molecule has 2 aromatic carbocycles. The van der Waals surface area contributed by atoms with Crippen LogP contribution in [0.5, 0.6) is 5.75 Å². The molecule has 2 saturated heterocycles. The van der Waals surface area contributed by atoms with Gasteiger partial charge in [-0.2, -0.15) is 0 Å². The monoisotopic (exact) mass is 529 g/mol. The van der Waals surface area contributed by atoms with Gasteiger partial charge in [-0.05, 0) is 74.6 Å². The van der Waals surface area contributed by atoms with Gasteiger partial charge in [-0.1, -0.05) is 24.3 Å². The molecule has 0 bridgehead atoms. The number of likely N-dealkylation sites (tertiary alicyclic amines) is 1. The molecule has 3 aliphatic rings. The zero-order chi connectivity index (χ0) is 26.8. The first-order valence-electron chi connectivity index (χ1n) is 13.9. The van der Waals surface area contributed by atoms with Crippen molar-refractivity contribution in [2.45, 2.75) is 63.4 Å². The van der Waals surface area contributed by atoms with Crippen molar-refractivity contribution < 1.29 is 23.9 Å². The molecule has 3 aliphatic heterocycles. The average molecular weight is 530 g/mol. The van der Waals surface area contributed by atoms with Crippen LogP contribution >= 0.6 is 0 Å². The lowest BCUT2D eigenvalue weighted by molar-refractivity contribution is -0.198. The first-order valence-corrected chi connectivity index (χ1v) is 13.9. The van der Waals surface area contributed by atoms with E-state index in [9.17, 15) is 9.59 Å². The molecule has 4 heterocycles. The van der Waals surface area contributed by atoms with E-state index in [1.807, 2.05) is 18.2 Å². The van der Waals surface area contributed by atoms with Crippen LogP contribution in [0.1, 0.15) is 73.0 Å². The molecule has 204 valence electrons. The topological polar surface area (TPSA) is 92.9 Å². The van der Waals surface area contributed by atoms with Gasteiger partial charge in [0.2, 0.25) is 0 Å². The number of ether oxygens (including phenoxy) is 2. The number of aromatic amines is 1. The van der Waals surface area contributed by atoms with E-state index in [4.69, 9.17) is 14.3 Å². The van der Waals surface area contributed by atoms with Crippen LogP contribution in [-0.2, 0) is 14.4 Å². The van der Waals surface area contributed by atoms with Gasteiger partial charge in [0.15, 0.2) is 12.1 Å². The van der Waals surface area contributed by atoms with Gasteiger partial charge in [0, 0.05) is 48.8 Å². The number of rotatable bonds is 6. The molecule has 1 aromatic heterocycles. The van der Waals surface area contributed by atoms with Gasteiger partial charge in [-0.15, -0.1) is 0 Å². The maximum atomic E-state index is 13.4. The van der Waals surface area contributed by atoms with Gasteiger partial charge in [0.1, 0.15) is 11.4 Å². The number of amides is 1. The standard InChI is InChI=1S/C31H35N3O5/c1-21(25-19-32-26-8-3-2-7-23(25)26)34-15-6-14-31(20-34)18-27(35)24-17-22(10-12-28(24)38-31)11-13-29(36)33-39-30-9-4-5-16-37-30/h2-3,7-8,10-13,17,19,21,30,32H,4-6,9,14-16,18,20H2,1H3,(H,33,36)/b13-11+. The molecule has 0 saturated carbocycles. The number of hydroxylamine groups is 1. The number of nitrogens with one attached hydrogen (secondary N) is 2. The highest BCUT2D eigenvalue weighted by atomic mass is 16.8. The fraction of sp³-hybridized carbons (Fsp3) is 0.419. The molecule has 0 radical (unpaired) electrons. The number of Topliss-reactive ketones (excluding diaryl/α,β-unsaturated/α-hetero) is 1. The van der Waals surface area contributed by atoms with E-state index in [0.29, 0.717) is 30.9 Å². The molecule has 3 atom stereocenters. The molecule has 8 heteroatoms. The first kappa shape index (κ1) is 25.8. The molecule has 0 aliphatic carbocycles. The van der Waals surface area contributed by atoms with Gasteiger partial charge in [0.25, 0.3) is 5.91 Å². The fourth-order valence-corrected chi connectivity index (χ4v) is 6.08. The van der Waals surface area contributed by atoms with E-state index in [1.165, 1.54) is 17.0 Å².